The van der Waals surface area contributed by atoms with Crippen LogP contribution in [-0.4, -0.2) is 39.2 Å². The lowest BCUT2D eigenvalue weighted by Gasteiger charge is -2.15. The fourth-order valence-electron chi connectivity index (χ4n) is 3.31. The topological polar surface area (TPSA) is 75.3 Å². The second-order valence-corrected chi connectivity index (χ2v) is 8.70. The van der Waals surface area contributed by atoms with Crippen molar-refractivity contribution in [2.24, 2.45) is 0 Å². The molecule has 1 aromatic carbocycles. The fraction of sp³-hybridized carbons (Fsp3) is 0.500. The van der Waals surface area contributed by atoms with Crippen molar-refractivity contribution >= 4 is 15.7 Å². The van der Waals surface area contributed by atoms with Gasteiger partial charge in [0.1, 0.15) is 0 Å². The summed E-state index contributed by atoms with van der Waals surface area (Å²) in [4.78, 5) is 12.5. The van der Waals surface area contributed by atoms with E-state index in [4.69, 9.17) is 0 Å². The van der Waals surface area contributed by atoms with Gasteiger partial charge in [-0.1, -0.05) is 24.5 Å². The van der Waals surface area contributed by atoms with Crippen LogP contribution in [0.3, 0.4) is 0 Å². The molecule has 1 amide bonds. The van der Waals surface area contributed by atoms with E-state index in [1.165, 1.54) is 5.57 Å². The van der Waals surface area contributed by atoms with Crippen LogP contribution >= 0.6 is 0 Å². The number of carbonyl (C=O) groups excluding carboxylic acids is 1. The molecule has 0 saturated heterocycles. The Hall–Kier alpha value is -1.66. The van der Waals surface area contributed by atoms with Gasteiger partial charge in [0, 0.05) is 18.7 Å². The first kappa shape index (κ1) is 17.2. The molecule has 1 aliphatic heterocycles. The Labute approximate surface area is 143 Å². The monoisotopic (exact) mass is 348 g/mol. The standard InChI is InChI=1S/C18H24N2O3S/c21-18(20-13-14-9-11-19-12-10-14)15-5-7-17(8-6-15)24(22,23)16-3-1-2-4-16/h5-9,16,19H,1-4,10-13H2,(H,20,21). The molecule has 0 aromatic heterocycles. The van der Waals surface area contributed by atoms with E-state index in [0.717, 1.165) is 45.2 Å². The van der Waals surface area contributed by atoms with Crippen LogP contribution in [0, 0.1) is 0 Å². The molecule has 6 heteroatoms. The van der Waals surface area contributed by atoms with Crippen molar-refractivity contribution in [3.8, 4) is 0 Å². The highest BCUT2D eigenvalue weighted by Crippen LogP contribution is 2.29. The molecule has 1 heterocycles. The SMILES string of the molecule is O=C(NCC1=CCNCC1)c1ccc(S(=O)(=O)C2CCCC2)cc1. The fourth-order valence-corrected chi connectivity index (χ4v) is 5.17. The number of rotatable bonds is 5. The Bertz CT molecular complexity index is 717. The lowest BCUT2D eigenvalue weighted by atomic mass is 10.1. The molecule has 0 unspecified atom stereocenters. The molecular formula is C18H24N2O3S. The van der Waals surface area contributed by atoms with Gasteiger partial charge >= 0.3 is 0 Å². The van der Waals surface area contributed by atoms with Crippen molar-refractivity contribution in [1.29, 1.82) is 0 Å². The number of hydrogen-bond acceptors (Lipinski definition) is 4. The van der Waals surface area contributed by atoms with Crippen LogP contribution in [0.15, 0.2) is 40.8 Å². The maximum atomic E-state index is 12.5. The molecule has 1 aromatic rings. The van der Waals surface area contributed by atoms with E-state index in [2.05, 4.69) is 16.7 Å². The van der Waals surface area contributed by atoms with Gasteiger partial charge < -0.3 is 10.6 Å². The van der Waals surface area contributed by atoms with Crippen molar-refractivity contribution in [1.82, 2.24) is 10.6 Å². The molecule has 1 fully saturated rings. The lowest BCUT2D eigenvalue weighted by Crippen LogP contribution is -2.29. The molecule has 5 nitrogen and oxygen atoms in total. The van der Waals surface area contributed by atoms with Crippen LogP contribution < -0.4 is 10.6 Å². The molecule has 0 atom stereocenters. The first-order chi connectivity index (χ1) is 11.6. The first-order valence-electron chi connectivity index (χ1n) is 8.58. The molecule has 0 bridgehead atoms. The molecule has 130 valence electrons. The lowest BCUT2D eigenvalue weighted by molar-refractivity contribution is 0.0956. The summed E-state index contributed by atoms with van der Waals surface area (Å²) in [6.45, 7) is 2.33. The molecule has 2 N–H and O–H groups in total. The molecular weight excluding hydrogens is 324 g/mol. The van der Waals surface area contributed by atoms with E-state index >= 15 is 0 Å². The molecule has 0 radical (unpaired) electrons. The summed E-state index contributed by atoms with van der Waals surface area (Å²) >= 11 is 0. The van der Waals surface area contributed by atoms with E-state index in [1.54, 1.807) is 24.3 Å². The minimum atomic E-state index is -3.26. The van der Waals surface area contributed by atoms with Crippen LogP contribution in [-0.2, 0) is 9.84 Å². The minimum Gasteiger partial charge on any atom is -0.348 e. The molecule has 1 aliphatic carbocycles. The highest BCUT2D eigenvalue weighted by Gasteiger charge is 2.30. The largest absolute Gasteiger partial charge is 0.348 e. The zero-order chi connectivity index (χ0) is 17.0. The summed E-state index contributed by atoms with van der Waals surface area (Å²) in [6.07, 6.45) is 6.49. The van der Waals surface area contributed by atoms with Crippen LogP contribution in [0.1, 0.15) is 42.5 Å². The van der Waals surface area contributed by atoms with Crippen molar-refractivity contribution < 1.29 is 13.2 Å². The maximum absolute atomic E-state index is 12.5. The third-order valence-electron chi connectivity index (χ3n) is 4.82. The van der Waals surface area contributed by atoms with Crippen LogP contribution in [0.2, 0.25) is 0 Å². The zero-order valence-corrected chi connectivity index (χ0v) is 14.6. The van der Waals surface area contributed by atoms with Gasteiger partial charge in [-0.15, -0.1) is 0 Å². The van der Waals surface area contributed by atoms with Crippen molar-refractivity contribution in [3.63, 3.8) is 0 Å². The zero-order valence-electron chi connectivity index (χ0n) is 13.8. The summed E-state index contributed by atoms with van der Waals surface area (Å²) in [7, 11) is -3.26. The Kier molecular flexibility index (Phi) is 5.36. The Morgan fingerprint density at radius 3 is 2.50 bits per heavy atom. The maximum Gasteiger partial charge on any atom is 0.251 e. The highest BCUT2D eigenvalue weighted by atomic mass is 32.2. The number of hydrogen-bond donors (Lipinski definition) is 2. The summed E-state index contributed by atoms with van der Waals surface area (Å²) < 4.78 is 25.1. The van der Waals surface area contributed by atoms with Gasteiger partial charge in [0.15, 0.2) is 9.84 Å². The number of sulfone groups is 1. The Balaban J connectivity index is 1.63. The molecule has 1 saturated carbocycles. The van der Waals surface area contributed by atoms with Gasteiger partial charge in [-0.3, -0.25) is 4.79 Å². The van der Waals surface area contributed by atoms with E-state index in [-0.39, 0.29) is 11.2 Å². The third kappa shape index (κ3) is 3.87. The first-order valence-corrected chi connectivity index (χ1v) is 10.1. The second kappa shape index (κ2) is 7.49. The number of amides is 1. The highest BCUT2D eigenvalue weighted by molar-refractivity contribution is 7.92. The van der Waals surface area contributed by atoms with E-state index in [0.29, 0.717) is 17.0 Å². The summed E-state index contributed by atoms with van der Waals surface area (Å²) in [6, 6.07) is 6.33. The average molecular weight is 348 g/mol. The van der Waals surface area contributed by atoms with Gasteiger partial charge in [-0.05, 0) is 50.1 Å². The van der Waals surface area contributed by atoms with Gasteiger partial charge in [-0.2, -0.15) is 0 Å². The van der Waals surface area contributed by atoms with Gasteiger partial charge in [0.25, 0.3) is 5.91 Å². The van der Waals surface area contributed by atoms with Crippen molar-refractivity contribution in [3.05, 3.63) is 41.5 Å². The smallest absolute Gasteiger partial charge is 0.251 e. The molecule has 0 spiro atoms. The van der Waals surface area contributed by atoms with Gasteiger partial charge in [0.05, 0.1) is 10.1 Å². The summed E-state index contributed by atoms with van der Waals surface area (Å²) in [5.74, 6) is -0.167. The predicted molar refractivity (Wildman–Crippen MR) is 93.8 cm³/mol. The third-order valence-corrected chi connectivity index (χ3v) is 7.10. The van der Waals surface area contributed by atoms with E-state index < -0.39 is 9.84 Å². The van der Waals surface area contributed by atoms with E-state index in [1.807, 2.05) is 0 Å². The molecule has 2 aliphatic rings. The normalized spacial score (nSPS) is 19.1. The summed E-state index contributed by atoms with van der Waals surface area (Å²) in [5.41, 5.74) is 1.72. The van der Waals surface area contributed by atoms with Crippen molar-refractivity contribution in [2.75, 3.05) is 19.6 Å². The van der Waals surface area contributed by atoms with Crippen molar-refractivity contribution in [2.45, 2.75) is 42.2 Å². The quantitative estimate of drug-likeness (QED) is 0.799. The van der Waals surface area contributed by atoms with Gasteiger partial charge in [-0.25, -0.2) is 8.42 Å². The second-order valence-electron chi connectivity index (χ2n) is 6.48. The Morgan fingerprint density at radius 2 is 1.88 bits per heavy atom. The average Bonchev–Trinajstić information content (AvgIpc) is 3.16. The Morgan fingerprint density at radius 1 is 1.17 bits per heavy atom. The predicted octanol–water partition coefficient (Wildman–Crippen LogP) is 2.05. The molecule has 24 heavy (non-hydrogen) atoms. The summed E-state index contributed by atoms with van der Waals surface area (Å²) in [5, 5.41) is 5.87. The van der Waals surface area contributed by atoms with E-state index in [9.17, 15) is 13.2 Å². The molecule has 3 rings (SSSR count). The van der Waals surface area contributed by atoms with Crippen LogP contribution in [0.25, 0.3) is 0 Å². The number of carbonyl (C=O) groups is 1. The van der Waals surface area contributed by atoms with Crippen LogP contribution in [0.4, 0.5) is 0 Å². The minimum absolute atomic E-state index is 0.167. The van der Waals surface area contributed by atoms with Gasteiger partial charge in [0.2, 0.25) is 0 Å². The number of benzene rings is 1. The number of nitrogens with one attached hydrogen (secondary N) is 2. The van der Waals surface area contributed by atoms with Crippen LogP contribution in [0.5, 0.6) is 0 Å².